The van der Waals surface area contributed by atoms with E-state index < -0.39 is 17.4 Å². The van der Waals surface area contributed by atoms with Crippen LogP contribution in [0.4, 0.5) is 5.69 Å². The molecule has 5 heteroatoms. The van der Waals surface area contributed by atoms with Gasteiger partial charge in [0.1, 0.15) is 0 Å². The summed E-state index contributed by atoms with van der Waals surface area (Å²) in [5.74, 6) is -1.17. The van der Waals surface area contributed by atoms with E-state index in [9.17, 15) is 9.59 Å². The fourth-order valence-corrected chi connectivity index (χ4v) is 2.41. The van der Waals surface area contributed by atoms with Gasteiger partial charge in [-0.2, -0.15) is 0 Å². The van der Waals surface area contributed by atoms with Crippen molar-refractivity contribution in [3.8, 4) is 0 Å². The molecule has 2 amide bonds. The van der Waals surface area contributed by atoms with Gasteiger partial charge in [0, 0.05) is 5.54 Å². The molecule has 94 valence electrons. The van der Waals surface area contributed by atoms with Gasteiger partial charge < -0.3 is 0 Å². The first-order valence-corrected chi connectivity index (χ1v) is 6.02. The number of hydrogen-bond acceptors (Lipinski definition) is 3. The van der Waals surface area contributed by atoms with E-state index in [0.717, 1.165) is 0 Å². The number of carbonyl (C=O) groups is 2. The summed E-state index contributed by atoms with van der Waals surface area (Å²) in [4.78, 5) is 26.7. The van der Waals surface area contributed by atoms with E-state index in [2.05, 4.69) is 0 Å². The third kappa shape index (κ3) is 1.90. The summed E-state index contributed by atoms with van der Waals surface area (Å²) >= 11 is 5.26. The number of thiocarbonyl (C=S) groups is 1. The molecule has 0 bridgehead atoms. The van der Waals surface area contributed by atoms with Gasteiger partial charge in [0.05, 0.1) is 5.69 Å². The lowest BCUT2D eigenvalue weighted by Gasteiger charge is -2.30. The molecule has 0 atom stereocenters. The lowest BCUT2D eigenvalue weighted by Crippen LogP contribution is -2.46. The van der Waals surface area contributed by atoms with E-state index in [4.69, 9.17) is 12.2 Å². The van der Waals surface area contributed by atoms with E-state index in [1.165, 1.54) is 9.80 Å². The number of hydrogen-bond donors (Lipinski definition) is 0. The molecule has 1 heterocycles. The quantitative estimate of drug-likeness (QED) is 0.573. The molecule has 18 heavy (non-hydrogen) atoms. The Hall–Kier alpha value is -1.75. The molecule has 0 radical (unpaired) electrons. The second-order valence-electron chi connectivity index (χ2n) is 5.07. The zero-order valence-electron chi connectivity index (χ0n) is 10.5. The summed E-state index contributed by atoms with van der Waals surface area (Å²) in [7, 11) is 0. The highest BCUT2D eigenvalue weighted by molar-refractivity contribution is 7.80. The average Bonchev–Trinajstić information content (AvgIpc) is 2.50. The molecule has 1 aliphatic heterocycles. The Kier molecular flexibility index (Phi) is 2.94. The molecule has 0 spiro atoms. The maximum Gasteiger partial charge on any atom is 0.323 e. The van der Waals surface area contributed by atoms with Crippen molar-refractivity contribution in [1.29, 1.82) is 0 Å². The van der Waals surface area contributed by atoms with Crippen LogP contribution in [0.15, 0.2) is 30.3 Å². The van der Waals surface area contributed by atoms with Crippen LogP contribution in [-0.4, -0.2) is 27.4 Å². The fraction of sp³-hybridized carbons (Fsp3) is 0.308. The van der Waals surface area contributed by atoms with Crippen LogP contribution in [0.25, 0.3) is 0 Å². The molecule has 1 aromatic carbocycles. The highest BCUT2D eigenvalue weighted by Gasteiger charge is 2.47. The number of carbonyl (C=O) groups excluding carboxylic acids is 2. The standard InChI is InChI=1S/C13H14N2O2S/c1-13(2,3)15-11(17)10(16)14(12(15)18)9-7-5-4-6-8-9/h4-8H,1-3H3. The molecule has 1 aliphatic rings. The number of anilines is 1. The van der Waals surface area contributed by atoms with Gasteiger partial charge in [0.25, 0.3) is 0 Å². The Balaban J connectivity index is 2.45. The van der Waals surface area contributed by atoms with Crippen LogP contribution in [0.5, 0.6) is 0 Å². The van der Waals surface area contributed by atoms with Crippen LogP contribution in [0, 0.1) is 0 Å². The van der Waals surface area contributed by atoms with E-state index in [1.807, 2.05) is 26.8 Å². The molecule has 4 nitrogen and oxygen atoms in total. The topological polar surface area (TPSA) is 40.6 Å². The van der Waals surface area contributed by atoms with Gasteiger partial charge in [0.15, 0.2) is 5.11 Å². The van der Waals surface area contributed by atoms with Gasteiger partial charge in [-0.3, -0.25) is 14.5 Å². The van der Waals surface area contributed by atoms with Crippen molar-refractivity contribution in [3.05, 3.63) is 30.3 Å². The monoisotopic (exact) mass is 262 g/mol. The van der Waals surface area contributed by atoms with Gasteiger partial charge in [-0.05, 0) is 45.1 Å². The third-order valence-electron chi connectivity index (χ3n) is 2.66. The Morgan fingerprint density at radius 3 is 2.00 bits per heavy atom. The second-order valence-corrected chi connectivity index (χ2v) is 5.44. The molecule has 1 fully saturated rings. The first-order valence-electron chi connectivity index (χ1n) is 5.61. The van der Waals surface area contributed by atoms with Crippen molar-refractivity contribution in [1.82, 2.24) is 4.90 Å². The normalized spacial score (nSPS) is 16.7. The van der Waals surface area contributed by atoms with Crippen molar-refractivity contribution >= 4 is 34.8 Å². The Labute approximate surface area is 111 Å². The smallest absolute Gasteiger partial charge is 0.275 e. The molecular formula is C13H14N2O2S. The van der Waals surface area contributed by atoms with Crippen LogP contribution in [-0.2, 0) is 9.59 Å². The number of nitrogens with zero attached hydrogens (tertiary/aromatic N) is 2. The van der Waals surface area contributed by atoms with Crippen molar-refractivity contribution in [3.63, 3.8) is 0 Å². The van der Waals surface area contributed by atoms with Gasteiger partial charge in [-0.25, -0.2) is 4.90 Å². The number of para-hydroxylation sites is 1. The SMILES string of the molecule is CC(C)(C)N1C(=O)C(=O)N(c2ccccc2)C1=S. The minimum Gasteiger partial charge on any atom is -0.275 e. The predicted octanol–water partition coefficient (Wildman–Crippen LogP) is 1.95. The summed E-state index contributed by atoms with van der Waals surface area (Å²) < 4.78 is 0. The number of amides is 2. The van der Waals surface area contributed by atoms with Crippen LogP contribution in [0.1, 0.15) is 20.8 Å². The number of benzene rings is 1. The first-order chi connectivity index (χ1) is 8.34. The highest BCUT2D eigenvalue weighted by atomic mass is 32.1. The molecule has 2 rings (SSSR count). The molecule has 0 aromatic heterocycles. The minimum absolute atomic E-state index is 0.240. The molecule has 0 saturated carbocycles. The zero-order valence-corrected chi connectivity index (χ0v) is 11.3. The Morgan fingerprint density at radius 1 is 1.00 bits per heavy atom. The third-order valence-corrected chi connectivity index (χ3v) is 3.02. The van der Waals surface area contributed by atoms with E-state index in [0.29, 0.717) is 5.69 Å². The van der Waals surface area contributed by atoms with E-state index in [1.54, 1.807) is 24.3 Å². The van der Waals surface area contributed by atoms with Gasteiger partial charge in [-0.15, -0.1) is 0 Å². The maximum atomic E-state index is 12.0. The fourth-order valence-electron chi connectivity index (χ4n) is 1.86. The lowest BCUT2D eigenvalue weighted by atomic mass is 10.1. The zero-order chi connectivity index (χ0) is 13.5. The molecule has 1 saturated heterocycles. The largest absolute Gasteiger partial charge is 0.323 e. The maximum absolute atomic E-state index is 12.0. The molecule has 0 N–H and O–H groups in total. The van der Waals surface area contributed by atoms with Crippen molar-refractivity contribution in [2.24, 2.45) is 0 Å². The summed E-state index contributed by atoms with van der Waals surface area (Å²) in [5.41, 5.74) is 0.112. The Morgan fingerprint density at radius 2 is 1.56 bits per heavy atom. The van der Waals surface area contributed by atoms with Crippen molar-refractivity contribution < 1.29 is 9.59 Å². The van der Waals surface area contributed by atoms with Crippen molar-refractivity contribution in [2.45, 2.75) is 26.3 Å². The molecule has 1 aromatic rings. The average molecular weight is 262 g/mol. The van der Waals surface area contributed by atoms with Crippen LogP contribution in [0.3, 0.4) is 0 Å². The lowest BCUT2D eigenvalue weighted by molar-refractivity contribution is -0.141. The highest BCUT2D eigenvalue weighted by Crippen LogP contribution is 2.27. The molecule has 0 unspecified atom stereocenters. The first kappa shape index (κ1) is 12.7. The van der Waals surface area contributed by atoms with Gasteiger partial charge >= 0.3 is 11.8 Å². The Bertz CT molecular complexity index is 520. The molecular weight excluding hydrogens is 248 g/mol. The summed E-state index contributed by atoms with van der Waals surface area (Å²) in [6.45, 7) is 5.54. The number of rotatable bonds is 1. The summed E-state index contributed by atoms with van der Waals surface area (Å²) in [6.07, 6.45) is 0. The summed E-state index contributed by atoms with van der Waals surface area (Å²) in [5, 5.41) is 0.240. The minimum atomic E-state index is -0.596. The molecule has 0 aliphatic carbocycles. The van der Waals surface area contributed by atoms with Crippen LogP contribution >= 0.6 is 12.2 Å². The predicted molar refractivity (Wildman–Crippen MR) is 73.1 cm³/mol. The van der Waals surface area contributed by atoms with Gasteiger partial charge in [0.2, 0.25) is 0 Å². The second kappa shape index (κ2) is 4.17. The van der Waals surface area contributed by atoms with Crippen molar-refractivity contribution in [2.75, 3.05) is 4.90 Å². The van der Waals surface area contributed by atoms with Gasteiger partial charge in [-0.1, -0.05) is 18.2 Å². The van der Waals surface area contributed by atoms with E-state index in [-0.39, 0.29) is 5.11 Å². The van der Waals surface area contributed by atoms with Crippen LogP contribution in [0.2, 0.25) is 0 Å². The van der Waals surface area contributed by atoms with Crippen LogP contribution < -0.4 is 4.90 Å². The van der Waals surface area contributed by atoms with E-state index >= 15 is 0 Å². The summed E-state index contributed by atoms with van der Waals surface area (Å²) in [6, 6.07) is 8.95.